The van der Waals surface area contributed by atoms with Crippen molar-refractivity contribution in [2.45, 2.75) is 0 Å². The second kappa shape index (κ2) is 8.50. The number of pyridine rings is 2. The fourth-order valence-corrected chi connectivity index (χ4v) is 2.33. The Morgan fingerprint density at radius 3 is 2.58 bits per heavy atom. The standard InChI is InChI=1S/C16H13Cl2N3O3/c1-23-16-9-21-14(5-15(16)24-3-2-22)10(6-19)4-11-12(17)7-20-8-13(11)18/h4-5,7-9,22H,2-3H2,1H3. The van der Waals surface area contributed by atoms with Crippen molar-refractivity contribution in [2.24, 2.45) is 0 Å². The topological polar surface area (TPSA) is 88.3 Å². The molecular weight excluding hydrogens is 353 g/mol. The lowest BCUT2D eigenvalue weighted by Crippen LogP contribution is -2.04. The largest absolute Gasteiger partial charge is 0.491 e. The summed E-state index contributed by atoms with van der Waals surface area (Å²) in [5, 5.41) is 19.0. The van der Waals surface area contributed by atoms with Gasteiger partial charge in [-0.3, -0.25) is 9.97 Å². The predicted octanol–water partition coefficient (Wildman–Crippen LogP) is 3.23. The molecule has 1 N–H and O–H groups in total. The van der Waals surface area contributed by atoms with E-state index in [1.165, 1.54) is 31.8 Å². The molecule has 0 bridgehead atoms. The molecule has 0 aliphatic carbocycles. The minimum Gasteiger partial charge on any atom is -0.491 e. The van der Waals surface area contributed by atoms with Crippen molar-refractivity contribution in [2.75, 3.05) is 20.3 Å². The maximum absolute atomic E-state index is 9.44. The Hall–Kier alpha value is -2.33. The van der Waals surface area contributed by atoms with E-state index in [-0.39, 0.29) is 18.8 Å². The summed E-state index contributed by atoms with van der Waals surface area (Å²) in [6, 6.07) is 3.61. The Labute approximate surface area is 148 Å². The Morgan fingerprint density at radius 1 is 1.29 bits per heavy atom. The first kappa shape index (κ1) is 18.0. The van der Waals surface area contributed by atoms with Gasteiger partial charge in [0.05, 0.1) is 41.2 Å². The summed E-state index contributed by atoms with van der Waals surface area (Å²) < 4.78 is 10.5. The van der Waals surface area contributed by atoms with Crippen LogP contribution in [0.25, 0.3) is 11.6 Å². The van der Waals surface area contributed by atoms with E-state index in [9.17, 15) is 5.26 Å². The van der Waals surface area contributed by atoms with Crippen molar-refractivity contribution in [3.63, 3.8) is 0 Å². The summed E-state index contributed by atoms with van der Waals surface area (Å²) >= 11 is 12.1. The Morgan fingerprint density at radius 2 is 2.00 bits per heavy atom. The number of nitriles is 1. The first-order valence-corrected chi connectivity index (χ1v) is 7.55. The highest BCUT2D eigenvalue weighted by Gasteiger charge is 2.12. The molecule has 0 aliphatic heterocycles. The second-order valence-electron chi connectivity index (χ2n) is 4.48. The zero-order chi connectivity index (χ0) is 17.5. The van der Waals surface area contributed by atoms with Crippen molar-refractivity contribution < 1.29 is 14.6 Å². The van der Waals surface area contributed by atoms with Crippen molar-refractivity contribution in [3.8, 4) is 17.6 Å². The van der Waals surface area contributed by atoms with Crippen LogP contribution in [0.3, 0.4) is 0 Å². The van der Waals surface area contributed by atoms with Crippen LogP contribution in [-0.4, -0.2) is 35.4 Å². The summed E-state index contributed by atoms with van der Waals surface area (Å²) in [5.41, 5.74) is 1.07. The van der Waals surface area contributed by atoms with Crippen LogP contribution in [-0.2, 0) is 0 Å². The zero-order valence-corrected chi connectivity index (χ0v) is 14.2. The molecule has 0 unspecified atom stereocenters. The Kier molecular flexibility index (Phi) is 6.38. The van der Waals surface area contributed by atoms with E-state index in [4.69, 9.17) is 37.8 Å². The van der Waals surface area contributed by atoms with Gasteiger partial charge in [0, 0.05) is 24.0 Å². The second-order valence-corrected chi connectivity index (χ2v) is 5.29. The number of ether oxygens (including phenoxy) is 2. The maximum atomic E-state index is 9.44. The van der Waals surface area contributed by atoms with Crippen molar-refractivity contribution in [3.05, 3.63) is 46.0 Å². The van der Waals surface area contributed by atoms with E-state index in [0.29, 0.717) is 32.8 Å². The number of nitrogens with zero attached hydrogens (tertiary/aromatic N) is 3. The minimum atomic E-state index is -0.149. The average molecular weight is 366 g/mol. The van der Waals surface area contributed by atoms with Crippen LogP contribution in [0.5, 0.6) is 11.5 Å². The third kappa shape index (κ3) is 4.15. The van der Waals surface area contributed by atoms with Gasteiger partial charge in [0.1, 0.15) is 12.7 Å². The van der Waals surface area contributed by atoms with Crippen LogP contribution in [0, 0.1) is 11.3 Å². The summed E-state index contributed by atoms with van der Waals surface area (Å²) in [6.45, 7) is -0.0581. The number of allylic oxidation sites excluding steroid dienone is 1. The SMILES string of the molecule is COc1cnc(C(C#N)=Cc2c(Cl)cncc2Cl)cc1OCCO. The minimum absolute atomic E-state index is 0.0907. The summed E-state index contributed by atoms with van der Waals surface area (Å²) in [7, 11) is 1.47. The number of aromatic nitrogens is 2. The summed E-state index contributed by atoms with van der Waals surface area (Å²) in [4.78, 5) is 8.05. The van der Waals surface area contributed by atoms with Crippen LogP contribution in [0.1, 0.15) is 11.3 Å². The van der Waals surface area contributed by atoms with E-state index in [0.717, 1.165) is 0 Å². The maximum Gasteiger partial charge on any atom is 0.179 e. The number of aliphatic hydroxyl groups excluding tert-OH is 1. The monoisotopic (exact) mass is 365 g/mol. The Balaban J connectivity index is 2.48. The molecule has 8 heteroatoms. The van der Waals surface area contributed by atoms with Gasteiger partial charge in [-0.15, -0.1) is 0 Å². The highest BCUT2D eigenvalue weighted by Crippen LogP contribution is 2.31. The van der Waals surface area contributed by atoms with Crippen molar-refractivity contribution in [1.82, 2.24) is 9.97 Å². The lowest BCUT2D eigenvalue weighted by atomic mass is 10.1. The molecule has 2 aromatic heterocycles. The zero-order valence-electron chi connectivity index (χ0n) is 12.7. The summed E-state index contributed by atoms with van der Waals surface area (Å²) in [6.07, 6.45) is 5.83. The van der Waals surface area contributed by atoms with Gasteiger partial charge in [-0.25, -0.2) is 0 Å². The van der Waals surface area contributed by atoms with Crippen LogP contribution in [0.4, 0.5) is 0 Å². The van der Waals surface area contributed by atoms with Gasteiger partial charge in [0.25, 0.3) is 0 Å². The number of rotatable bonds is 6. The molecule has 2 heterocycles. The van der Waals surface area contributed by atoms with E-state index in [1.54, 1.807) is 6.07 Å². The number of hydrogen-bond acceptors (Lipinski definition) is 6. The van der Waals surface area contributed by atoms with E-state index in [2.05, 4.69) is 16.0 Å². The van der Waals surface area contributed by atoms with Gasteiger partial charge >= 0.3 is 0 Å². The molecular formula is C16H13Cl2N3O3. The fraction of sp³-hybridized carbons (Fsp3) is 0.188. The molecule has 124 valence electrons. The molecule has 0 spiro atoms. The molecule has 0 aliphatic rings. The molecule has 0 fully saturated rings. The lowest BCUT2D eigenvalue weighted by molar-refractivity contribution is 0.196. The molecule has 6 nitrogen and oxygen atoms in total. The normalized spacial score (nSPS) is 11.0. The van der Waals surface area contributed by atoms with Crippen LogP contribution in [0.15, 0.2) is 24.7 Å². The average Bonchev–Trinajstić information content (AvgIpc) is 2.59. The first-order valence-electron chi connectivity index (χ1n) is 6.79. The first-order chi connectivity index (χ1) is 11.6. The van der Waals surface area contributed by atoms with Crippen molar-refractivity contribution >= 4 is 34.9 Å². The van der Waals surface area contributed by atoms with E-state index in [1.807, 2.05) is 0 Å². The van der Waals surface area contributed by atoms with Gasteiger partial charge in [0.2, 0.25) is 0 Å². The molecule has 2 rings (SSSR count). The Bertz CT molecular complexity index is 783. The smallest absolute Gasteiger partial charge is 0.179 e. The van der Waals surface area contributed by atoms with Crippen LogP contribution in [0.2, 0.25) is 10.0 Å². The predicted molar refractivity (Wildman–Crippen MR) is 91.1 cm³/mol. The molecule has 0 amide bonds. The van der Waals surface area contributed by atoms with Gasteiger partial charge in [0.15, 0.2) is 11.5 Å². The molecule has 0 atom stereocenters. The molecule has 0 radical (unpaired) electrons. The quantitative estimate of drug-likeness (QED) is 0.790. The van der Waals surface area contributed by atoms with Gasteiger partial charge in [-0.2, -0.15) is 5.26 Å². The highest BCUT2D eigenvalue weighted by molar-refractivity contribution is 6.37. The van der Waals surface area contributed by atoms with E-state index >= 15 is 0 Å². The molecule has 0 aromatic carbocycles. The fourth-order valence-electron chi connectivity index (χ4n) is 1.86. The molecule has 0 saturated carbocycles. The molecule has 24 heavy (non-hydrogen) atoms. The van der Waals surface area contributed by atoms with Gasteiger partial charge in [-0.05, 0) is 6.08 Å². The van der Waals surface area contributed by atoms with Crippen LogP contribution >= 0.6 is 23.2 Å². The highest BCUT2D eigenvalue weighted by atomic mass is 35.5. The summed E-state index contributed by atoms with van der Waals surface area (Å²) in [5.74, 6) is 0.758. The number of methoxy groups -OCH3 is 1. The number of aliphatic hydroxyl groups is 1. The molecule has 2 aromatic rings. The third-order valence-electron chi connectivity index (χ3n) is 2.98. The number of halogens is 2. The van der Waals surface area contributed by atoms with Crippen LogP contribution < -0.4 is 9.47 Å². The third-order valence-corrected chi connectivity index (χ3v) is 3.58. The van der Waals surface area contributed by atoms with Gasteiger partial charge < -0.3 is 14.6 Å². The van der Waals surface area contributed by atoms with Gasteiger partial charge in [-0.1, -0.05) is 23.2 Å². The number of hydrogen-bond donors (Lipinski definition) is 1. The van der Waals surface area contributed by atoms with Crippen molar-refractivity contribution in [1.29, 1.82) is 5.26 Å². The lowest BCUT2D eigenvalue weighted by Gasteiger charge is -2.11. The van der Waals surface area contributed by atoms with E-state index < -0.39 is 0 Å². The molecule has 0 saturated heterocycles.